The van der Waals surface area contributed by atoms with Gasteiger partial charge in [-0.15, -0.1) is 0 Å². The van der Waals surface area contributed by atoms with Crippen LogP contribution in [-0.2, 0) is 0 Å². The molecule has 0 aromatic carbocycles. The highest BCUT2D eigenvalue weighted by Gasteiger charge is 2.16. The van der Waals surface area contributed by atoms with Gasteiger partial charge in [-0.3, -0.25) is 0 Å². The summed E-state index contributed by atoms with van der Waals surface area (Å²) in [6.45, 7) is 4.33. The Morgan fingerprint density at radius 1 is 1.73 bits per heavy atom. The Morgan fingerprint density at radius 3 is 2.91 bits per heavy atom. The highest BCUT2D eigenvalue weighted by atomic mass is 79.9. The largest absolute Gasteiger partial charge is 0.228 e. The van der Waals surface area contributed by atoms with Crippen LogP contribution < -0.4 is 0 Å². The standard InChI is InChI=1S/C7H11BrN2S/c1-3-6(8)5(2)7-9-4-10-11-7/h4-6H,3H2,1-2H3. The maximum Gasteiger partial charge on any atom is 0.129 e. The van der Waals surface area contributed by atoms with Gasteiger partial charge in [-0.25, -0.2) is 4.98 Å². The van der Waals surface area contributed by atoms with Gasteiger partial charge in [0.1, 0.15) is 11.3 Å². The Labute approximate surface area is 79.3 Å². The van der Waals surface area contributed by atoms with Crippen molar-refractivity contribution < 1.29 is 0 Å². The first-order valence-electron chi connectivity index (χ1n) is 3.66. The second-order valence-electron chi connectivity index (χ2n) is 2.49. The van der Waals surface area contributed by atoms with E-state index < -0.39 is 0 Å². The smallest absolute Gasteiger partial charge is 0.129 e. The van der Waals surface area contributed by atoms with E-state index in [-0.39, 0.29) is 0 Å². The van der Waals surface area contributed by atoms with Gasteiger partial charge < -0.3 is 0 Å². The molecule has 1 heterocycles. The van der Waals surface area contributed by atoms with E-state index in [4.69, 9.17) is 0 Å². The lowest BCUT2D eigenvalue weighted by Crippen LogP contribution is -2.06. The molecule has 2 unspecified atom stereocenters. The molecule has 1 aromatic rings. The Kier molecular flexibility index (Phi) is 3.45. The molecular weight excluding hydrogens is 224 g/mol. The van der Waals surface area contributed by atoms with Gasteiger partial charge >= 0.3 is 0 Å². The molecule has 11 heavy (non-hydrogen) atoms. The monoisotopic (exact) mass is 234 g/mol. The van der Waals surface area contributed by atoms with Crippen LogP contribution in [-0.4, -0.2) is 14.2 Å². The third kappa shape index (κ3) is 2.24. The van der Waals surface area contributed by atoms with E-state index in [0.29, 0.717) is 10.7 Å². The van der Waals surface area contributed by atoms with Gasteiger partial charge in [0.15, 0.2) is 0 Å². The highest BCUT2D eigenvalue weighted by Crippen LogP contribution is 2.26. The van der Waals surface area contributed by atoms with Gasteiger partial charge in [0.25, 0.3) is 0 Å². The molecule has 2 atom stereocenters. The van der Waals surface area contributed by atoms with Crippen molar-refractivity contribution in [1.29, 1.82) is 0 Å². The van der Waals surface area contributed by atoms with Crippen LogP contribution in [0.4, 0.5) is 0 Å². The number of aromatic nitrogens is 2. The zero-order chi connectivity index (χ0) is 8.27. The van der Waals surface area contributed by atoms with E-state index >= 15 is 0 Å². The van der Waals surface area contributed by atoms with Crippen molar-refractivity contribution in [2.45, 2.75) is 31.0 Å². The maximum atomic E-state index is 4.16. The summed E-state index contributed by atoms with van der Waals surface area (Å²) in [5.74, 6) is 0.479. The number of halogens is 1. The Bertz CT molecular complexity index is 200. The molecule has 0 amide bonds. The quantitative estimate of drug-likeness (QED) is 0.753. The predicted octanol–water partition coefficient (Wildman–Crippen LogP) is 2.82. The van der Waals surface area contributed by atoms with Crippen molar-refractivity contribution >= 4 is 27.5 Å². The van der Waals surface area contributed by atoms with Crippen molar-refractivity contribution in [3.8, 4) is 0 Å². The van der Waals surface area contributed by atoms with Gasteiger partial charge in [0, 0.05) is 10.7 Å². The fourth-order valence-electron chi connectivity index (χ4n) is 0.891. The lowest BCUT2D eigenvalue weighted by atomic mass is 10.1. The van der Waals surface area contributed by atoms with Crippen LogP contribution >= 0.6 is 27.5 Å². The first-order valence-corrected chi connectivity index (χ1v) is 5.35. The average molecular weight is 235 g/mol. The summed E-state index contributed by atoms with van der Waals surface area (Å²) in [4.78, 5) is 4.69. The van der Waals surface area contributed by atoms with Gasteiger partial charge in [-0.05, 0) is 18.0 Å². The zero-order valence-corrected chi connectivity index (χ0v) is 9.02. The minimum Gasteiger partial charge on any atom is -0.228 e. The minimum atomic E-state index is 0.479. The van der Waals surface area contributed by atoms with Crippen molar-refractivity contribution in [1.82, 2.24) is 9.36 Å². The zero-order valence-electron chi connectivity index (χ0n) is 6.62. The van der Waals surface area contributed by atoms with E-state index in [0.717, 1.165) is 11.4 Å². The van der Waals surface area contributed by atoms with Crippen LogP contribution in [0.2, 0.25) is 0 Å². The Hall–Kier alpha value is 0.0400. The SMILES string of the molecule is CCC(Br)C(C)c1ncns1. The van der Waals surface area contributed by atoms with Gasteiger partial charge in [-0.2, -0.15) is 4.37 Å². The summed E-state index contributed by atoms with van der Waals surface area (Å²) in [5, 5.41) is 1.12. The minimum absolute atomic E-state index is 0.479. The van der Waals surface area contributed by atoms with Crippen LogP contribution in [0.15, 0.2) is 6.33 Å². The fourth-order valence-corrected chi connectivity index (χ4v) is 1.94. The number of rotatable bonds is 3. The lowest BCUT2D eigenvalue weighted by molar-refractivity contribution is 0.689. The van der Waals surface area contributed by atoms with Crippen molar-refractivity contribution in [3.05, 3.63) is 11.3 Å². The van der Waals surface area contributed by atoms with Crippen LogP contribution in [0, 0.1) is 0 Å². The van der Waals surface area contributed by atoms with Gasteiger partial charge in [0.05, 0.1) is 0 Å². The fraction of sp³-hybridized carbons (Fsp3) is 0.714. The summed E-state index contributed by atoms with van der Waals surface area (Å²) in [7, 11) is 0. The van der Waals surface area contributed by atoms with Crippen LogP contribution in [0.5, 0.6) is 0 Å². The lowest BCUT2D eigenvalue weighted by Gasteiger charge is -2.12. The molecule has 0 aliphatic rings. The predicted molar refractivity (Wildman–Crippen MR) is 51.3 cm³/mol. The molecule has 4 heteroatoms. The molecule has 0 saturated carbocycles. The summed E-state index contributed by atoms with van der Waals surface area (Å²) in [6, 6.07) is 0. The Balaban J connectivity index is 2.62. The number of hydrogen-bond acceptors (Lipinski definition) is 3. The molecule has 0 fully saturated rings. The van der Waals surface area contributed by atoms with E-state index in [1.165, 1.54) is 11.5 Å². The second kappa shape index (κ2) is 4.16. The van der Waals surface area contributed by atoms with Crippen molar-refractivity contribution in [2.75, 3.05) is 0 Å². The molecule has 0 aliphatic carbocycles. The molecule has 2 nitrogen and oxygen atoms in total. The first kappa shape index (κ1) is 9.13. The molecule has 0 N–H and O–H groups in total. The molecule has 1 rings (SSSR count). The highest BCUT2D eigenvalue weighted by molar-refractivity contribution is 9.09. The van der Waals surface area contributed by atoms with Crippen LogP contribution in [0.1, 0.15) is 31.2 Å². The third-order valence-electron chi connectivity index (χ3n) is 1.70. The summed E-state index contributed by atoms with van der Waals surface area (Å²) >= 11 is 5.09. The van der Waals surface area contributed by atoms with Crippen LogP contribution in [0.3, 0.4) is 0 Å². The van der Waals surface area contributed by atoms with Gasteiger partial charge in [-0.1, -0.05) is 29.8 Å². The second-order valence-corrected chi connectivity index (χ2v) is 4.48. The third-order valence-corrected chi connectivity index (χ3v) is 4.00. The summed E-state index contributed by atoms with van der Waals surface area (Å²) in [6.07, 6.45) is 2.74. The van der Waals surface area contributed by atoms with E-state index in [1.54, 1.807) is 6.33 Å². The van der Waals surface area contributed by atoms with Crippen molar-refractivity contribution in [2.24, 2.45) is 0 Å². The number of nitrogens with zero attached hydrogens (tertiary/aromatic N) is 2. The number of hydrogen-bond donors (Lipinski definition) is 0. The number of alkyl halides is 1. The van der Waals surface area contributed by atoms with E-state index in [1.807, 2.05) is 0 Å². The van der Waals surface area contributed by atoms with Crippen LogP contribution in [0.25, 0.3) is 0 Å². The topological polar surface area (TPSA) is 25.8 Å². The first-order chi connectivity index (χ1) is 5.25. The summed E-state index contributed by atoms with van der Waals surface area (Å²) < 4.78 is 3.97. The maximum absolute atomic E-state index is 4.16. The molecule has 0 spiro atoms. The molecule has 62 valence electrons. The van der Waals surface area contributed by atoms with Gasteiger partial charge in [0.2, 0.25) is 0 Å². The average Bonchev–Trinajstić information content (AvgIpc) is 2.53. The Morgan fingerprint density at radius 2 is 2.45 bits per heavy atom. The molecule has 0 bridgehead atoms. The molecular formula is C7H11BrN2S. The van der Waals surface area contributed by atoms with E-state index in [2.05, 4.69) is 39.1 Å². The molecule has 0 radical (unpaired) electrons. The molecule has 0 aliphatic heterocycles. The van der Waals surface area contributed by atoms with E-state index in [9.17, 15) is 0 Å². The van der Waals surface area contributed by atoms with Crippen molar-refractivity contribution in [3.63, 3.8) is 0 Å². The molecule has 1 aromatic heterocycles. The molecule has 0 saturated heterocycles. The summed E-state index contributed by atoms with van der Waals surface area (Å²) in [5.41, 5.74) is 0. The normalized spacial score (nSPS) is 16.3.